The van der Waals surface area contributed by atoms with E-state index in [1.165, 1.54) is 5.56 Å². The van der Waals surface area contributed by atoms with Gasteiger partial charge in [-0.1, -0.05) is 59.4 Å². The molecule has 8 heteroatoms. The fourth-order valence-electron chi connectivity index (χ4n) is 4.31. The lowest BCUT2D eigenvalue weighted by Crippen LogP contribution is -2.40. The van der Waals surface area contributed by atoms with Crippen molar-refractivity contribution in [1.82, 2.24) is 20.1 Å². The zero-order chi connectivity index (χ0) is 24.0. The van der Waals surface area contributed by atoms with Gasteiger partial charge >= 0.3 is 0 Å². The van der Waals surface area contributed by atoms with Crippen LogP contribution < -0.4 is 15.5 Å². The molecule has 0 unspecified atom stereocenters. The molecule has 180 valence electrons. The molecule has 0 atom stereocenters. The first-order valence-corrected chi connectivity index (χ1v) is 12.8. The van der Waals surface area contributed by atoms with Gasteiger partial charge in [-0.3, -0.25) is 9.36 Å². The van der Waals surface area contributed by atoms with E-state index >= 15 is 0 Å². The van der Waals surface area contributed by atoms with Crippen molar-refractivity contribution in [1.29, 1.82) is 0 Å². The number of rotatable bonds is 8. The second-order valence-corrected chi connectivity index (χ2v) is 9.86. The Kier molecular flexibility index (Phi) is 7.09. The van der Waals surface area contributed by atoms with Crippen LogP contribution in [0.1, 0.15) is 29.7 Å². The highest BCUT2D eigenvalue weighted by Gasteiger charge is 2.26. The molecule has 35 heavy (non-hydrogen) atoms. The number of aromatic nitrogens is 3. The predicted molar refractivity (Wildman–Crippen MR) is 141 cm³/mol. The Labute approximate surface area is 209 Å². The SMILES string of the molecule is Cc1ccc(NCc2cccn2-c2nnc(N3CCC(C(=O)NCc4ccccc4)CC3)s2)cc1. The normalized spacial score (nSPS) is 14.1. The number of nitrogens with one attached hydrogen (secondary N) is 2. The summed E-state index contributed by atoms with van der Waals surface area (Å²) in [6, 6.07) is 22.6. The van der Waals surface area contributed by atoms with Crippen LogP contribution in [0.5, 0.6) is 0 Å². The van der Waals surface area contributed by atoms with E-state index < -0.39 is 0 Å². The molecule has 0 aliphatic carbocycles. The van der Waals surface area contributed by atoms with E-state index in [1.54, 1.807) is 11.3 Å². The Balaban J connectivity index is 1.15. The quantitative estimate of drug-likeness (QED) is 0.375. The van der Waals surface area contributed by atoms with Gasteiger partial charge in [0.05, 0.1) is 6.54 Å². The van der Waals surface area contributed by atoms with Crippen LogP contribution in [-0.2, 0) is 17.9 Å². The van der Waals surface area contributed by atoms with Crippen molar-refractivity contribution in [2.75, 3.05) is 23.3 Å². The van der Waals surface area contributed by atoms with Crippen molar-refractivity contribution < 1.29 is 4.79 Å². The second-order valence-electron chi connectivity index (χ2n) is 8.92. The Bertz CT molecular complexity index is 1240. The van der Waals surface area contributed by atoms with Gasteiger partial charge in [0, 0.05) is 43.1 Å². The molecule has 0 saturated carbocycles. The van der Waals surface area contributed by atoms with Crippen molar-refractivity contribution >= 4 is 28.1 Å². The number of hydrogen-bond acceptors (Lipinski definition) is 6. The minimum absolute atomic E-state index is 0.0475. The first kappa shape index (κ1) is 23.1. The monoisotopic (exact) mass is 486 g/mol. The molecular weight excluding hydrogens is 456 g/mol. The van der Waals surface area contributed by atoms with Gasteiger partial charge in [0.25, 0.3) is 0 Å². The fraction of sp³-hybridized carbons (Fsp3) is 0.296. The molecule has 5 rings (SSSR count). The third kappa shape index (κ3) is 5.71. The average molecular weight is 487 g/mol. The van der Waals surface area contributed by atoms with Crippen LogP contribution in [0.25, 0.3) is 5.13 Å². The lowest BCUT2D eigenvalue weighted by Gasteiger charge is -2.30. The van der Waals surface area contributed by atoms with Gasteiger partial charge in [0.1, 0.15) is 0 Å². The van der Waals surface area contributed by atoms with Gasteiger partial charge in [-0.15, -0.1) is 10.2 Å². The van der Waals surface area contributed by atoms with Gasteiger partial charge in [-0.25, -0.2) is 0 Å². The maximum atomic E-state index is 12.6. The molecule has 1 aliphatic heterocycles. The number of piperidine rings is 1. The summed E-state index contributed by atoms with van der Waals surface area (Å²) in [5.41, 5.74) is 4.59. The molecule has 3 heterocycles. The summed E-state index contributed by atoms with van der Waals surface area (Å²) in [6.07, 6.45) is 3.68. The maximum Gasteiger partial charge on any atom is 0.223 e. The lowest BCUT2D eigenvalue weighted by molar-refractivity contribution is -0.125. The number of carbonyl (C=O) groups is 1. The zero-order valence-electron chi connectivity index (χ0n) is 19.9. The predicted octanol–water partition coefficient (Wildman–Crippen LogP) is 4.78. The van der Waals surface area contributed by atoms with E-state index in [0.717, 1.165) is 53.1 Å². The largest absolute Gasteiger partial charge is 0.379 e. The molecule has 1 aliphatic rings. The van der Waals surface area contributed by atoms with Crippen LogP contribution >= 0.6 is 11.3 Å². The highest BCUT2D eigenvalue weighted by Crippen LogP contribution is 2.29. The molecule has 1 saturated heterocycles. The van der Waals surface area contributed by atoms with Crippen molar-refractivity contribution in [3.05, 3.63) is 89.7 Å². The molecular formula is C27H30N6OS. The number of hydrogen-bond donors (Lipinski definition) is 2. The minimum atomic E-state index is 0.0475. The van der Waals surface area contributed by atoms with Crippen LogP contribution in [-0.4, -0.2) is 33.8 Å². The Morgan fingerprint density at radius 3 is 2.46 bits per heavy atom. The summed E-state index contributed by atoms with van der Waals surface area (Å²) in [7, 11) is 0. The maximum absolute atomic E-state index is 12.6. The Hall–Kier alpha value is -3.65. The molecule has 0 bridgehead atoms. The van der Waals surface area contributed by atoms with Crippen molar-refractivity contribution in [3.63, 3.8) is 0 Å². The van der Waals surface area contributed by atoms with Gasteiger partial charge < -0.3 is 15.5 Å². The summed E-state index contributed by atoms with van der Waals surface area (Å²) >= 11 is 1.59. The summed E-state index contributed by atoms with van der Waals surface area (Å²) in [6.45, 7) is 4.99. The lowest BCUT2D eigenvalue weighted by atomic mass is 9.96. The van der Waals surface area contributed by atoms with Gasteiger partial charge in [0.15, 0.2) is 0 Å². The van der Waals surface area contributed by atoms with Crippen LogP contribution in [0.3, 0.4) is 0 Å². The average Bonchev–Trinajstić information content (AvgIpc) is 3.57. The van der Waals surface area contributed by atoms with E-state index in [2.05, 4.69) is 67.6 Å². The van der Waals surface area contributed by atoms with Crippen molar-refractivity contribution in [3.8, 4) is 5.13 Å². The van der Waals surface area contributed by atoms with E-state index in [0.29, 0.717) is 13.1 Å². The Morgan fingerprint density at radius 2 is 1.69 bits per heavy atom. The zero-order valence-corrected chi connectivity index (χ0v) is 20.7. The highest BCUT2D eigenvalue weighted by atomic mass is 32.1. The fourth-order valence-corrected chi connectivity index (χ4v) is 5.22. The van der Waals surface area contributed by atoms with Crippen LogP contribution in [0, 0.1) is 12.8 Å². The van der Waals surface area contributed by atoms with E-state index in [4.69, 9.17) is 0 Å². The van der Waals surface area contributed by atoms with Gasteiger partial charge in [0.2, 0.25) is 16.2 Å². The van der Waals surface area contributed by atoms with E-state index in [9.17, 15) is 4.79 Å². The first-order chi connectivity index (χ1) is 17.2. The van der Waals surface area contributed by atoms with E-state index in [-0.39, 0.29) is 11.8 Å². The third-order valence-corrected chi connectivity index (χ3v) is 7.40. The molecule has 4 aromatic rings. The molecule has 2 aromatic carbocycles. The molecule has 0 spiro atoms. The summed E-state index contributed by atoms with van der Waals surface area (Å²) in [4.78, 5) is 14.9. The van der Waals surface area contributed by atoms with Crippen molar-refractivity contribution in [2.24, 2.45) is 5.92 Å². The summed E-state index contributed by atoms with van der Waals surface area (Å²) in [5.74, 6) is 0.191. The standard InChI is InChI=1S/C27H30N6OS/c1-20-9-11-23(12-10-20)28-19-24-8-5-15-33(24)27-31-30-26(35-27)32-16-13-22(14-17-32)25(34)29-18-21-6-3-2-4-7-21/h2-12,15,22,28H,13-14,16-19H2,1H3,(H,29,34). The molecule has 2 aromatic heterocycles. The number of carbonyl (C=O) groups excluding carboxylic acids is 1. The number of benzene rings is 2. The van der Waals surface area contributed by atoms with E-state index in [1.807, 2.05) is 42.6 Å². The molecule has 2 N–H and O–H groups in total. The number of nitrogens with zero attached hydrogens (tertiary/aromatic N) is 4. The van der Waals surface area contributed by atoms with Crippen molar-refractivity contribution in [2.45, 2.75) is 32.9 Å². The topological polar surface area (TPSA) is 75.1 Å². The number of anilines is 2. The van der Waals surface area contributed by atoms with Crippen LogP contribution in [0.15, 0.2) is 72.9 Å². The van der Waals surface area contributed by atoms with Crippen LogP contribution in [0.4, 0.5) is 10.8 Å². The van der Waals surface area contributed by atoms with Gasteiger partial charge in [-0.2, -0.15) is 0 Å². The van der Waals surface area contributed by atoms with Gasteiger partial charge in [-0.05, 0) is 49.6 Å². The first-order valence-electron chi connectivity index (χ1n) is 12.0. The summed E-state index contributed by atoms with van der Waals surface area (Å²) in [5, 5.41) is 17.3. The molecule has 0 radical (unpaired) electrons. The summed E-state index contributed by atoms with van der Waals surface area (Å²) < 4.78 is 2.09. The second kappa shape index (κ2) is 10.7. The third-order valence-electron chi connectivity index (χ3n) is 6.41. The van der Waals surface area contributed by atoms with Crippen LogP contribution in [0.2, 0.25) is 0 Å². The number of aryl methyl sites for hydroxylation is 1. The highest BCUT2D eigenvalue weighted by molar-refractivity contribution is 7.17. The minimum Gasteiger partial charge on any atom is -0.379 e. The Morgan fingerprint density at radius 1 is 0.943 bits per heavy atom. The molecule has 1 amide bonds. The molecule has 1 fully saturated rings. The molecule has 7 nitrogen and oxygen atoms in total. The smallest absolute Gasteiger partial charge is 0.223 e. The number of amides is 1.